The number of hydrogen-bond donors (Lipinski definition) is 0. The Morgan fingerprint density at radius 1 is 0.0930 bits per heavy atom. The molecule has 0 aliphatic rings. The second kappa shape index (κ2) is 407. The molecule has 43 heavy (non-hydrogen) atoms. The van der Waals surface area contributed by atoms with Crippen LogP contribution in [-0.4, -0.2) is 0 Å². The van der Waals surface area contributed by atoms with Crippen LogP contribution in [0.5, 0.6) is 0 Å². The fourth-order valence-electron chi connectivity index (χ4n) is 0. The van der Waals surface area contributed by atoms with Crippen molar-refractivity contribution in [1.82, 2.24) is 0 Å². The monoisotopic (exact) mass is 2110 g/mol. The standard InChI is InChI=1S/7C2H2.23CH4.6No/c7*1-2;;;;;;;;;;;;;;;;;;;;;;;;;;;;;/h7*1-2H;23*1H4;;;;;;. The van der Waals surface area contributed by atoms with Crippen molar-refractivity contribution in [3.05, 3.63) is 0 Å². The van der Waals surface area contributed by atoms with Gasteiger partial charge in [0.15, 0.2) is 0 Å². The van der Waals surface area contributed by atoms with E-state index >= 15 is 0 Å². The molecule has 0 aliphatic heterocycles. The topological polar surface area (TPSA) is 0 Å². The van der Waals surface area contributed by atoms with Gasteiger partial charge in [-0.1, -0.05) is 171 Å². The summed E-state index contributed by atoms with van der Waals surface area (Å²) in [5, 5.41) is 0. The molecule has 0 bridgehead atoms. The summed E-state index contributed by atoms with van der Waals surface area (Å²) in [6.45, 7) is 0. The first-order valence-corrected chi connectivity index (χ1v) is 2.33. The summed E-state index contributed by atoms with van der Waals surface area (Å²) in [7, 11) is 0. The molecule has 0 N–H and O–H groups in total. The zero-order chi connectivity index (χ0) is 14.0. The van der Waals surface area contributed by atoms with Crippen molar-refractivity contribution in [2.45, 2.75) is 171 Å². The Kier molecular flexibility index (Phi) is 80400. The zero-order valence-corrected chi connectivity index (χ0v) is 23.0. The average Bonchev–Trinajstić information content (AvgIpc) is 2.45. The first-order chi connectivity index (χ1) is 7.00. The summed E-state index contributed by atoms with van der Waals surface area (Å²) >= 11 is 0. The van der Waals surface area contributed by atoms with Crippen molar-refractivity contribution in [2.75, 3.05) is 0 Å². The third-order valence-corrected chi connectivity index (χ3v) is 0. The zero-order valence-electron chi connectivity index (χ0n) is 9.69. The molecule has 0 saturated heterocycles. The van der Waals surface area contributed by atoms with Gasteiger partial charge in [-0.15, -0.1) is 89.9 Å². The maximum absolute atomic E-state index is 4.00. The second-order valence-electron chi connectivity index (χ2n) is 0. The second-order valence-corrected chi connectivity index (χ2v) is 0. The molecule has 0 atom stereocenters. The SMILES string of the molecule is C.C.C.C.C.C.C.C.C.C.C.C.C.C.C.C.C.C.C.C.C.C.C.C#C.C#C.C#C.C#C.C#C.C#C.C#C.[No].[No].[No].[No].[No].[No]. The van der Waals surface area contributed by atoms with Crippen molar-refractivity contribution in [3.63, 3.8) is 0 Å². The number of rotatable bonds is 0. The Morgan fingerprint density at radius 3 is 0.0930 bits per heavy atom. The van der Waals surface area contributed by atoms with Crippen molar-refractivity contribution < 1.29 is 0 Å². The third-order valence-electron chi connectivity index (χ3n) is 0. The minimum Gasteiger partial charge on any atom is -0.124 e. The Morgan fingerprint density at radius 2 is 0.0930 bits per heavy atom. The van der Waals surface area contributed by atoms with Crippen molar-refractivity contribution >= 4 is 0 Å². The van der Waals surface area contributed by atoms with E-state index < -0.39 is 0 Å². The van der Waals surface area contributed by atoms with E-state index in [1.54, 1.807) is 0 Å². The van der Waals surface area contributed by atoms with Gasteiger partial charge < -0.3 is 0 Å². The first-order valence-electron chi connectivity index (χ1n) is 2.33. The molecule has 0 aliphatic carbocycles. The minimum absolute atomic E-state index is 0. The predicted molar refractivity (Wildman–Crippen MR) is 224 cm³/mol. The molecule has 6 heteroatoms. The van der Waals surface area contributed by atoms with Crippen LogP contribution in [0.4, 0.5) is 0 Å². The Hall–Kier alpha value is -9.08. The van der Waals surface area contributed by atoms with Crippen LogP contribution in [0.2, 0.25) is 0 Å². The van der Waals surface area contributed by atoms with E-state index in [0.717, 1.165) is 0 Å². The van der Waals surface area contributed by atoms with Gasteiger partial charge >= 0.3 is 0 Å². The van der Waals surface area contributed by atoms with Crippen molar-refractivity contribution in [1.29, 1.82) is 0 Å². The average molecular weight is 2110 g/mol. The van der Waals surface area contributed by atoms with Crippen LogP contribution in [0.15, 0.2) is 0 Å². The summed E-state index contributed by atoms with van der Waals surface area (Å²) in [6.07, 6.45) is 56.0. The molecule has 0 aromatic heterocycles. The number of hydrogen-bond acceptors (Lipinski definition) is 0. The summed E-state index contributed by atoms with van der Waals surface area (Å²) in [5.74, 6) is 0. The Labute approximate surface area is 260 Å². The Balaban J connectivity index is -0.000000000352. The van der Waals surface area contributed by atoms with Crippen LogP contribution in [0, 0.1) is 89.9 Å². The van der Waals surface area contributed by atoms with Gasteiger partial charge in [0.2, 0.25) is 0 Å². The summed E-state index contributed by atoms with van der Waals surface area (Å²) in [5.41, 5.74) is 0. The maximum Gasteiger partial charge on any atom is 0 e. The molecule has 0 saturated carbocycles. The molecular weight excluding hydrogens is 2000 g/mol. The largest absolute Gasteiger partial charge is 0.124 e. The molecule has 0 unspecified atom stereocenters. The quantitative estimate of drug-likeness (QED) is 0.212. The summed E-state index contributed by atoms with van der Waals surface area (Å²) < 4.78 is 0. The van der Waals surface area contributed by atoms with Crippen LogP contribution in [0.1, 0.15) is 171 Å². The molecule has 0 rings (SSSR count). The molecule has 0 nitrogen and oxygen atoms in total. The molecular formula is C37H106No6. The molecule has 338 valence electrons. The summed E-state index contributed by atoms with van der Waals surface area (Å²) in [4.78, 5) is 0. The van der Waals surface area contributed by atoms with E-state index in [1.807, 2.05) is 0 Å². The van der Waals surface area contributed by atoms with Crippen LogP contribution < -0.4 is 0 Å². The summed E-state index contributed by atoms with van der Waals surface area (Å²) in [6, 6.07) is 0. The van der Waals surface area contributed by atoms with Crippen LogP contribution >= 0.6 is 0 Å². The van der Waals surface area contributed by atoms with Gasteiger partial charge in [-0.2, -0.15) is 0 Å². The van der Waals surface area contributed by atoms with Gasteiger partial charge in [0.25, 0.3) is 0 Å². The molecule has 0 aromatic rings. The smallest absolute Gasteiger partial charge is 0 e. The van der Waals surface area contributed by atoms with E-state index in [4.69, 9.17) is 0 Å². The van der Waals surface area contributed by atoms with Crippen molar-refractivity contribution in [2.24, 2.45) is 0 Å². The van der Waals surface area contributed by atoms with Gasteiger partial charge in [-0.25, -0.2) is 0 Å². The molecule has 0 aromatic carbocycles. The van der Waals surface area contributed by atoms with E-state index in [0.29, 0.717) is 0 Å². The molecule has 0 heterocycles. The third kappa shape index (κ3) is 382. The fraction of sp³-hybridized carbons (Fsp3) is 0.622. The Bertz CT molecular complexity index is 117. The van der Waals surface area contributed by atoms with E-state index in [2.05, 4.69) is 89.9 Å². The minimum atomic E-state index is 0. The van der Waals surface area contributed by atoms with Crippen LogP contribution in [0.25, 0.3) is 0 Å². The maximum atomic E-state index is 4.00. The molecule has 0 amide bonds. The van der Waals surface area contributed by atoms with Crippen molar-refractivity contribution in [3.8, 4) is 89.9 Å². The van der Waals surface area contributed by atoms with Gasteiger partial charge in [-0.05, 0) is 0 Å². The fourth-order valence-corrected chi connectivity index (χ4v) is 0. The van der Waals surface area contributed by atoms with Gasteiger partial charge in [-0.3, -0.25) is 0 Å². The normalized spacial score (nSPS) is 0.326. The molecule has 0 radical (unpaired) electrons. The van der Waals surface area contributed by atoms with E-state index in [-0.39, 0.29) is 171 Å². The van der Waals surface area contributed by atoms with E-state index in [1.165, 1.54) is 0 Å². The van der Waals surface area contributed by atoms with Gasteiger partial charge in [0, 0.05) is 0 Å². The van der Waals surface area contributed by atoms with Gasteiger partial charge in [0.05, 0.1) is 0 Å². The van der Waals surface area contributed by atoms with Crippen LogP contribution in [-0.2, 0) is 0 Å². The number of terminal acetylenes is 7. The molecule has 0 fully saturated rings. The predicted octanol–water partition coefficient (Wildman–Crippen LogP) is 16.4. The van der Waals surface area contributed by atoms with E-state index in [9.17, 15) is 0 Å². The first kappa shape index (κ1) is 8500. The van der Waals surface area contributed by atoms with Crippen LogP contribution in [0.3, 0.4) is 0 Å². The molecule has 0 spiro atoms. The van der Waals surface area contributed by atoms with Gasteiger partial charge in [0.1, 0.15) is 0 Å².